The lowest BCUT2D eigenvalue weighted by Crippen LogP contribution is -2.09. The van der Waals surface area contributed by atoms with Crippen molar-refractivity contribution in [3.8, 4) is 0 Å². The maximum Gasteiger partial charge on any atom is 0.323 e. The van der Waals surface area contributed by atoms with Crippen LogP contribution in [-0.2, 0) is 11.3 Å². The first-order chi connectivity index (χ1) is 5.52. The molecule has 0 atom stereocenters. The Balaban J connectivity index is 3.14. The summed E-state index contributed by atoms with van der Waals surface area (Å²) in [6.07, 6.45) is 0. The maximum absolute atomic E-state index is 10.4. The Bertz CT molecular complexity index is 364. The molecule has 0 radical (unpaired) electrons. The van der Waals surface area contributed by atoms with E-state index in [1.165, 1.54) is 11.3 Å². The Kier molecular flexibility index (Phi) is 2.64. The number of aryl methyl sites for hydroxylation is 1. The van der Waals surface area contributed by atoms with Crippen molar-refractivity contribution in [2.24, 2.45) is 0 Å². The molecule has 0 aliphatic carbocycles. The van der Waals surface area contributed by atoms with Gasteiger partial charge in [0.1, 0.15) is 6.54 Å². The Labute approximate surface area is 79.3 Å². The highest BCUT2D eigenvalue weighted by atomic mass is 32.1. The summed E-state index contributed by atoms with van der Waals surface area (Å²) in [7, 11) is 0. The summed E-state index contributed by atoms with van der Waals surface area (Å²) in [6.45, 7) is 3.79. The lowest BCUT2D eigenvalue weighted by atomic mass is 10.4. The first-order valence-electron chi connectivity index (χ1n) is 3.41. The number of rotatable bonds is 2. The van der Waals surface area contributed by atoms with Crippen LogP contribution in [0.1, 0.15) is 10.6 Å². The van der Waals surface area contributed by atoms with E-state index in [2.05, 4.69) is 0 Å². The average molecular weight is 203 g/mol. The molecule has 66 valence electrons. The van der Waals surface area contributed by atoms with Gasteiger partial charge in [0.25, 0.3) is 0 Å². The molecule has 0 spiro atoms. The van der Waals surface area contributed by atoms with Crippen molar-refractivity contribution in [3.63, 3.8) is 0 Å². The second kappa shape index (κ2) is 3.37. The molecule has 0 saturated carbocycles. The van der Waals surface area contributed by atoms with Crippen LogP contribution < -0.4 is 0 Å². The molecule has 0 aromatic carbocycles. The summed E-state index contributed by atoms with van der Waals surface area (Å²) in [5.41, 5.74) is 0.951. The summed E-state index contributed by atoms with van der Waals surface area (Å²) in [6, 6.07) is 0. The SMILES string of the molecule is Cc1sc(=S)n(CC(=O)O)c1C. The van der Waals surface area contributed by atoms with Gasteiger partial charge in [-0.1, -0.05) is 0 Å². The zero-order chi connectivity index (χ0) is 9.30. The number of aliphatic carboxylic acids is 1. The smallest absolute Gasteiger partial charge is 0.323 e. The van der Waals surface area contributed by atoms with Crippen LogP contribution in [0, 0.1) is 17.8 Å². The zero-order valence-electron chi connectivity index (χ0n) is 6.83. The molecule has 0 aliphatic rings. The molecule has 1 heterocycles. The highest BCUT2D eigenvalue weighted by Gasteiger charge is 2.07. The van der Waals surface area contributed by atoms with E-state index in [1.54, 1.807) is 4.57 Å². The molecule has 5 heteroatoms. The van der Waals surface area contributed by atoms with Gasteiger partial charge in [-0.3, -0.25) is 4.79 Å². The predicted molar refractivity (Wildman–Crippen MR) is 50.3 cm³/mol. The molecule has 1 N–H and O–H groups in total. The molecule has 0 aliphatic heterocycles. The molecule has 0 fully saturated rings. The molecule has 1 aromatic heterocycles. The second-order valence-electron chi connectivity index (χ2n) is 2.49. The van der Waals surface area contributed by atoms with Gasteiger partial charge < -0.3 is 9.67 Å². The van der Waals surface area contributed by atoms with E-state index in [0.717, 1.165) is 10.6 Å². The number of hydrogen-bond donors (Lipinski definition) is 1. The predicted octanol–water partition coefficient (Wildman–Crippen LogP) is 1.98. The van der Waals surface area contributed by atoms with Gasteiger partial charge in [0.15, 0.2) is 3.95 Å². The third-order valence-electron chi connectivity index (χ3n) is 1.67. The molecule has 0 amide bonds. The molecule has 12 heavy (non-hydrogen) atoms. The van der Waals surface area contributed by atoms with Crippen LogP contribution in [-0.4, -0.2) is 15.6 Å². The van der Waals surface area contributed by atoms with E-state index in [4.69, 9.17) is 17.3 Å². The van der Waals surface area contributed by atoms with Crippen molar-refractivity contribution < 1.29 is 9.90 Å². The van der Waals surface area contributed by atoms with Crippen LogP contribution in [0.25, 0.3) is 0 Å². The van der Waals surface area contributed by atoms with Crippen LogP contribution in [0.15, 0.2) is 0 Å². The van der Waals surface area contributed by atoms with Gasteiger partial charge in [-0.25, -0.2) is 0 Å². The van der Waals surface area contributed by atoms with Gasteiger partial charge >= 0.3 is 5.97 Å². The van der Waals surface area contributed by atoms with E-state index in [1.807, 2.05) is 13.8 Å². The highest BCUT2D eigenvalue weighted by molar-refractivity contribution is 7.73. The summed E-state index contributed by atoms with van der Waals surface area (Å²) in [5, 5.41) is 8.56. The van der Waals surface area contributed by atoms with Crippen LogP contribution in [0.2, 0.25) is 0 Å². The number of carboxylic acids is 1. The fourth-order valence-corrected chi connectivity index (χ4v) is 2.31. The van der Waals surface area contributed by atoms with Gasteiger partial charge in [-0.15, -0.1) is 11.3 Å². The fourth-order valence-electron chi connectivity index (χ4n) is 0.905. The Morgan fingerprint density at radius 3 is 2.58 bits per heavy atom. The minimum Gasteiger partial charge on any atom is -0.480 e. The van der Waals surface area contributed by atoms with E-state index >= 15 is 0 Å². The molecule has 0 unspecified atom stereocenters. The van der Waals surface area contributed by atoms with E-state index in [0.29, 0.717) is 3.95 Å². The minimum absolute atomic E-state index is 0.0327. The van der Waals surface area contributed by atoms with Gasteiger partial charge in [-0.2, -0.15) is 0 Å². The Hall–Kier alpha value is -0.680. The largest absolute Gasteiger partial charge is 0.480 e. The van der Waals surface area contributed by atoms with E-state index < -0.39 is 5.97 Å². The molecule has 1 aromatic rings. The topological polar surface area (TPSA) is 42.2 Å². The molecule has 1 rings (SSSR count). The third kappa shape index (κ3) is 1.73. The number of nitrogens with zero attached hydrogens (tertiary/aromatic N) is 1. The molecular formula is C7H9NO2S2. The van der Waals surface area contributed by atoms with Gasteiger partial charge in [0.05, 0.1) is 0 Å². The maximum atomic E-state index is 10.4. The van der Waals surface area contributed by atoms with Crippen LogP contribution in [0.4, 0.5) is 0 Å². The van der Waals surface area contributed by atoms with Crippen molar-refractivity contribution in [2.45, 2.75) is 20.4 Å². The molecular weight excluding hydrogens is 194 g/mol. The summed E-state index contributed by atoms with van der Waals surface area (Å²) < 4.78 is 2.27. The van der Waals surface area contributed by atoms with E-state index in [9.17, 15) is 4.79 Å². The van der Waals surface area contributed by atoms with Gasteiger partial charge in [0, 0.05) is 10.6 Å². The van der Waals surface area contributed by atoms with Crippen LogP contribution in [0.5, 0.6) is 0 Å². The average Bonchev–Trinajstić information content (AvgIpc) is 2.16. The summed E-state index contributed by atoms with van der Waals surface area (Å²) in [4.78, 5) is 11.5. The third-order valence-corrected chi connectivity index (χ3v) is 3.14. The normalized spacial score (nSPS) is 10.2. The van der Waals surface area contributed by atoms with Crippen molar-refractivity contribution in [2.75, 3.05) is 0 Å². The Morgan fingerprint density at radius 1 is 1.67 bits per heavy atom. The van der Waals surface area contributed by atoms with Crippen molar-refractivity contribution in [1.29, 1.82) is 0 Å². The van der Waals surface area contributed by atoms with Gasteiger partial charge in [-0.05, 0) is 26.1 Å². The lowest BCUT2D eigenvalue weighted by Gasteiger charge is -2.00. The number of hydrogen-bond acceptors (Lipinski definition) is 3. The lowest BCUT2D eigenvalue weighted by molar-refractivity contribution is -0.137. The second-order valence-corrected chi connectivity index (χ2v) is 4.34. The van der Waals surface area contributed by atoms with Crippen LogP contribution >= 0.6 is 23.6 Å². The monoisotopic (exact) mass is 203 g/mol. The standard InChI is InChI=1S/C7H9NO2S2/c1-4-5(2)12-7(11)8(4)3-6(9)10/h3H2,1-2H3,(H,9,10). The van der Waals surface area contributed by atoms with Gasteiger partial charge in [0.2, 0.25) is 0 Å². The zero-order valence-corrected chi connectivity index (χ0v) is 8.46. The molecule has 3 nitrogen and oxygen atoms in total. The fraction of sp³-hybridized carbons (Fsp3) is 0.429. The van der Waals surface area contributed by atoms with Crippen molar-refractivity contribution >= 4 is 29.5 Å². The summed E-state index contributed by atoms with van der Waals surface area (Å²) in [5.74, 6) is -0.855. The summed E-state index contributed by atoms with van der Waals surface area (Å²) >= 11 is 6.45. The number of aromatic nitrogens is 1. The van der Waals surface area contributed by atoms with Crippen LogP contribution in [0.3, 0.4) is 0 Å². The first-order valence-corrected chi connectivity index (χ1v) is 4.63. The highest BCUT2D eigenvalue weighted by Crippen LogP contribution is 2.16. The minimum atomic E-state index is -0.855. The molecule has 0 saturated heterocycles. The van der Waals surface area contributed by atoms with Crippen molar-refractivity contribution in [1.82, 2.24) is 4.57 Å². The van der Waals surface area contributed by atoms with E-state index in [-0.39, 0.29) is 6.54 Å². The first kappa shape index (κ1) is 9.41. The quantitative estimate of drug-likeness (QED) is 0.747. The molecule has 0 bridgehead atoms. The number of thiazole rings is 1. The Morgan fingerprint density at radius 2 is 2.25 bits per heavy atom. The number of carboxylic acid groups (broad SMARTS) is 1. The van der Waals surface area contributed by atoms with Crippen molar-refractivity contribution in [3.05, 3.63) is 14.5 Å². The number of carbonyl (C=O) groups is 1.